The lowest BCUT2D eigenvalue weighted by Gasteiger charge is -2.42. The van der Waals surface area contributed by atoms with E-state index in [1.807, 2.05) is 12.1 Å². The third-order valence-corrected chi connectivity index (χ3v) is 7.93. The second-order valence-electron chi connectivity index (χ2n) is 10.4. The standard InChI is InChI=1S/C29H29ClF2N2O3.C2H2O4/c30-23-2-1-3-26(18-23)34-19-27(37-28(34)35)14-17-33-15-12-22(13-16-33)29(36,20-4-8-24(31)9-5-20)21-6-10-25(32)11-7-21;3-1(4)2(5)6/h1-11,18,22,27,36H,12-17,19H2;(H,3,4)(H,5,6). The Morgan fingerprint density at radius 2 is 1.44 bits per heavy atom. The van der Waals surface area contributed by atoms with Gasteiger partial charge in [-0.2, -0.15) is 0 Å². The summed E-state index contributed by atoms with van der Waals surface area (Å²) in [4.78, 5) is 34.5. The Morgan fingerprint density at radius 1 is 0.907 bits per heavy atom. The highest BCUT2D eigenvalue weighted by atomic mass is 35.5. The van der Waals surface area contributed by atoms with Crippen LogP contribution in [0.2, 0.25) is 5.02 Å². The van der Waals surface area contributed by atoms with Crippen LogP contribution in [0.25, 0.3) is 0 Å². The minimum Gasteiger partial charge on any atom is -0.473 e. The van der Waals surface area contributed by atoms with Crippen molar-refractivity contribution in [1.29, 1.82) is 0 Å². The summed E-state index contributed by atoms with van der Waals surface area (Å²) in [6.45, 7) is 2.76. The zero-order chi connectivity index (χ0) is 31.1. The van der Waals surface area contributed by atoms with Crippen LogP contribution in [-0.4, -0.2) is 70.5 Å². The van der Waals surface area contributed by atoms with Gasteiger partial charge in [0.15, 0.2) is 0 Å². The highest BCUT2D eigenvalue weighted by Gasteiger charge is 2.42. The van der Waals surface area contributed by atoms with E-state index in [9.17, 15) is 18.7 Å². The van der Waals surface area contributed by atoms with Crippen LogP contribution < -0.4 is 4.90 Å². The number of carboxylic acids is 2. The third kappa shape index (κ3) is 7.86. The summed E-state index contributed by atoms with van der Waals surface area (Å²) >= 11 is 6.07. The number of aliphatic carboxylic acids is 2. The molecule has 0 aliphatic carbocycles. The van der Waals surface area contributed by atoms with Gasteiger partial charge in [0.2, 0.25) is 0 Å². The molecule has 3 aromatic rings. The molecule has 9 nitrogen and oxygen atoms in total. The van der Waals surface area contributed by atoms with Crippen LogP contribution in [-0.2, 0) is 19.9 Å². The monoisotopic (exact) mass is 616 g/mol. The number of piperidine rings is 1. The molecule has 1 atom stereocenters. The maximum absolute atomic E-state index is 13.6. The van der Waals surface area contributed by atoms with Crippen molar-refractivity contribution in [3.05, 3.63) is 101 Å². The van der Waals surface area contributed by atoms with E-state index in [-0.39, 0.29) is 29.7 Å². The molecule has 3 N–H and O–H groups in total. The molecule has 0 radical (unpaired) electrons. The van der Waals surface area contributed by atoms with Crippen molar-refractivity contribution in [1.82, 2.24) is 4.90 Å². The maximum atomic E-state index is 13.6. The second kappa shape index (κ2) is 13.9. The van der Waals surface area contributed by atoms with Crippen LogP contribution in [0.3, 0.4) is 0 Å². The fourth-order valence-electron chi connectivity index (χ4n) is 5.47. The zero-order valence-electron chi connectivity index (χ0n) is 23.0. The number of amides is 1. The summed E-state index contributed by atoms with van der Waals surface area (Å²) in [5, 5.41) is 27.3. The van der Waals surface area contributed by atoms with Gasteiger partial charge in [-0.15, -0.1) is 0 Å². The molecule has 1 unspecified atom stereocenters. The molecular formula is C31H31ClF2N2O7. The van der Waals surface area contributed by atoms with Crippen molar-refractivity contribution in [2.24, 2.45) is 5.92 Å². The first-order valence-corrected chi connectivity index (χ1v) is 14.0. The quantitative estimate of drug-likeness (QED) is 0.312. The number of cyclic esters (lactones) is 1. The van der Waals surface area contributed by atoms with Gasteiger partial charge in [0.25, 0.3) is 0 Å². The molecule has 2 fully saturated rings. The Morgan fingerprint density at radius 3 is 1.93 bits per heavy atom. The number of halogens is 3. The molecule has 2 heterocycles. The Labute approximate surface area is 251 Å². The van der Waals surface area contributed by atoms with E-state index in [4.69, 9.17) is 36.1 Å². The molecular weight excluding hydrogens is 586 g/mol. The molecule has 5 rings (SSSR count). The van der Waals surface area contributed by atoms with Gasteiger partial charge in [-0.05, 0) is 91.9 Å². The topological polar surface area (TPSA) is 128 Å². The lowest BCUT2D eigenvalue weighted by atomic mass is 9.72. The number of likely N-dealkylation sites (tertiary alicyclic amines) is 1. The van der Waals surface area contributed by atoms with Gasteiger partial charge >= 0.3 is 18.0 Å². The minimum absolute atomic E-state index is 0.123. The number of hydrogen-bond donors (Lipinski definition) is 3. The second-order valence-corrected chi connectivity index (χ2v) is 10.8. The number of carboxylic acid groups (broad SMARTS) is 2. The first-order valence-electron chi connectivity index (χ1n) is 13.6. The highest BCUT2D eigenvalue weighted by molar-refractivity contribution is 6.31. The van der Waals surface area contributed by atoms with Gasteiger partial charge in [-0.1, -0.05) is 41.9 Å². The number of hydrogen-bond acceptors (Lipinski definition) is 6. The van der Waals surface area contributed by atoms with Crippen LogP contribution >= 0.6 is 11.6 Å². The Hall–Kier alpha value is -4.06. The SMILES string of the molecule is O=C(O)C(=O)O.O=C1OC(CCN2CCC(C(O)(c3ccc(F)cc3)c3ccc(F)cc3)CC2)CN1c1cccc(Cl)c1. The Bertz CT molecular complexity index is 1370. The number of ether oxygens (including phenoxy) is 1. The lowest BCUT2D eigenvalue weighted by Crippen LogP contribution is -2.44. The van der Waals surface area contributed by atoms with Crippen molar-refractivity contribution in [2.75, 3.05) is 31.1 Å². The lowest BCUT2D eigenvalue weighted by molar-refractivity contribution is -0.159. The van der Waals surface area contributed by atoms with E-state index in [2.05, 4.69) is 4.90 Å². The van der Waals surface area contributed by atoms with Crippen molar-refractivity contribution in [3.63, 3.8) is 0 Å². The predicted molar refractivity (Wildman–Crippen MR) is 154 cm³/mol. The van der Waals surface area contributed by atoms with Crippen LogP contribution in [0.4, 0.5) is 19.3 Å². The van der Waals surface area contributed by atoms with E-state index in [0.29, 0.717) is 42.0 Å². The third-order valence-electron chi connectivity index (χ3n) is 7.69. The molecule has 2 aliphatic heterocycles. The summed E-state index contributed by atoms with van der Waals surface area (Å²) < 4.78 is 32.8. The largest absolute Gasteiger partial charge is 0.473 e. The smallest absolute Gasteiger partial charge is 0.414 e. The molecule has 1 amide bonds. The summed E-state index contributed by atoms with van der Waals surface area (Å²) in [7, 11) is 0. The van der Waals surface area contributed by atoms with Gasteiger partial charge in [-0.3, -0.25) is 4.90 Å². The average molecular weight is 617 g/mol. The fraction of sp³-hybridized carbons (Fsp3) is 0.323. The fourth-order valence-corrected chi connectivity index (χ4v) is 5.66. The Balaban J connectivity index is 0.000000641. The molecule has 43 heavy (non-hydrogen) atoms. The molecule has 0 aromatic heterocycles. The van der Waals surface area contributed by atoms with E-state index in [1.54, 1.807) is 41.3 Å². The van der Waals surface area contributed by atoms with Gasteiger partial charge in [0.05, 0.1) is 6.54 Å². The summed E-state index contributed by atoms with van der Waals surface area (Å²) in [5.41, 5.74) is 0.559. The van der Waals surface area contributed by atoms with Crippen LogP contribution in [0.5, 0.6) is 0 Å². The summed E-state index contributed by atoms with van der Waals surface area (Å²) in [6.07, 6.45) is 1.55. The maximum Gasteiger partial charge on any atom is 0.414 e. The number of rotatable bonds is 7. The molecule has 228 valence electrons. The number of benzene rings is 3. The highest BCUT2D eigenvalue weighted by Crippen LogP contribution is 2.42. The van der Waals surface area contributed by atoms with Gasteiger partial charge < -0.3 is 25.0 Å². The van der Waals surface area contributed by atoms with Crippen molar-refractivity contribution in [2.45, 2.75) is 31.0 Å². The average Bonchev–Trinajstić information content (AvgIpc) is 3.37. The first kappa shape index (κ1) is 31.9. The van der Waals surface area contributed by atoms with E-state index in [0.717, 1.165) is 25.3 Å². The molecule has 2 saturated heterocycles. The van der Waals surface area contributed by atoms with E-state index in [1.165, 1.54) is 24.3 Å². The number of carbonyl (C=O) groups excluding carboxylic acids is 1. The van der Waals surface area contributed by atoms with Crippen LogP contribution in [0.15, 0.2) is 72.8 Å². The first-order chi connectivity index (χ1) is 20.5. The summed E-state index contributed by atoms with van der Waals surface area (Å²) in [5.74, 6) is -4.52. The van der Waals surface area contributed by atoms with Crippen molar-refractivity contribution in [3.8, 4) is 0 Å². The summed E-state index contributed by atoms with van der Waals surface area (Å²) in [6, 6.07) is 18.9. The minimum atomic E-state index is -1.82. The van der Waals surface area contributed by atoms with Gasteiger partial charge in [-0.25, -0.2) is 23.2 Å². The molecule has 0 saturated carbocycles. The molecule has 2 aliphatic rings. The zero-order valence-corrected chi connectivity index (χ0v) is 23.8. The molecule has 0 bridgehead atoms. The molecule has 3 aromatic carbocycles. The number of carbonyl (C=O) groups is 3. The van der Waals surface area contributed by atoms with Crippen LogP contribution in [0.1, 0.15) is 30.4 Å². The van der Waals surface area contributed by atoms with Gasteiger partial charge in [0, 0.05) is 17.3 Å². The molecule has 0 spiro atoms. The number of nitrogens with zero attached hydrogens (tertiary/aromatic N) is 2. The van der Waals surface area contributed by atoms with Crippen molar-refractivity contribution < 1.29 is 43.2 Å². The van der Waals surface area contributed by atoms with Crippen molar-refractivity contribution >= 4 is 35.3 Å². The van der Waals surface area contributed by atoms with Gasteiger partial charge in [0.1, 0.15) is 23.3 Å². The normalized spacial score (nSPS) is 17.6. The number of aliphatic hydroxyl groups is 1. The number of anilines is 1. The van der Waals surface area contributed by atoms with Crippen LogP contribution in [0, 0.1) is 17.6 Å². The Kier molecular flexibility index (Phi) is 10.3. The predicted octanol–water partition coefficient (Wildman–Crippen LogP) is 5.14. The molecule has 12 heteroatoms. The van der Waals surface area contributed by atoms with E-state index < -0.39 is 17.5 Å². The van der Waals surface area contributed by atoms with E-state index >= 15 is 0 Å².